The van der Waals surface area contributed by atoms with E-state index in [1.54, 1.807) is 12.1 Å². The fraction of sp³-hybridized carbons (Fsp3) is 0.333. The maximum Gasteiger partial charge on any atom is 0.282 e. The van der Waals surface area contributed by atoms with Crippen molar-refractivity contribution in [2.24, 2.45) is 5.92 Å². The number of hydrogen-bond acceptors (Lipinski definition) is 4. The molecule has 2 amide bonds. The molecular formula is C24H24Cl2N2O3. The molecule has 0 radical (unpaired) electrons. The van der Waals surface area contributed by atoms with Gasteiger partial charge in [-0.15, -0.1) is 0 Å². The molecule has 7 heteroatoms. The molecule has 1 atom stereocenters. The molecule has 5 nitrogen and oxygen atoms in total. The Labute approximate surface area is 191 Å². The van der Waals surface area contributed by atoms with Gasteiger partial charge in [0.05, 0.1) is 16.3 Å². The first-order valence-electron chi connectivity index (χ1n) is 10.3. The minimum atomic E-state index is -0.415. The maximum absolute atomic E-state index is 13.7. The Morgan fingerprint density at radius 1 is 1.06 bits per heavy atom. The van der Waals surface area contributed by atoms with E-state index in [-0.39, 0.29) is 23.2 Å². The van der Waals surface area contributed by atoms with E-state index in [0.29, 0.717) is 29.4 Å². The van der Waals surface area contributed by atoms with Crippen LogP contribution in [0.5, 0.6) is 0 Å². The quantitative estimate of drug-likeness (QED) is 0.680. The van der Waals surface area contributed by atoms with Crippen LogP contribution in [0.3, 0.4) is 0 Å². The van der Waals surface area contributed by atoms with Gasteiger partial charge in [-0.2, -0.15) is 0 Å². The number of halogens is 2. The number of aliphatic hydroxyl groups excluding tert-OH is 1. The Kier molecular flexibility index (Phi) is 6.11. The summed E-state index contributed by atoms with van der Waals surface area (Å²) >= 11 is 12.5. The van der Waals surface area contributed by atoms with Crippen molar-refractivity contribution in [3.63, 3.8) is 0 Å². The van der Waals surface area contributed by atoms with Gasteiger partial charge in [0.1, 0.15) is 5.70 Å². The first kappa shape index (κ1) is 21.9. The molecule has 0 aliphatic carbocycles. The van der Waals surface area contributed by atoms with Gasteiger partial charge in [-0.25, -0.2) is 4.90 Å². The predicted octanol–water partition coefficient (Wildman–Crippen LogP) is 4.60. The molecule has 2 aliphatic heterocycles. The zero-order chi connectivity index (χ0) is 22.3. The van der Waals surface area contributed by atoms with Crippen molar-refractivity contribution in [2.45, 2.75) is 26.7 Å². The smallest absolute Gasteiger partial charge is 0.282 e. The zero-order valence-electron chi connectivity index (χ0n) is 17.5. The van der Waals surface area contributed by atoms with Crippen molar-refractivity contribution in [3.05, 3.63) is 68.8 Å². The molecule has 0 aromatic heterocycles. The topological polar surface area (TPSA) is 60.9 Å². The second-order valence-electron chi connectivity index (χ2n) is 8.22. The maximum atomic E-state index is 13.7. The normalized spacial score (nSPS) is 19.6. The van der Waals surface area contributed by atoms with Crippen LogP contribution in [0.1, 0.15) is 29.5 Å². The van der Waals surface area contributed by atoms with Crippen LogP contribution in [0.4, 0.5) is 5.69 Å². The number of hydrogen-bond donors (Lipinski definition) is 1. The highest BCUT2D eigenvalue weighted by molar-refractivity contribution is 6.47. The highest BCUT2D eigenvalue weighted by Crippen LogP contribution is 2.40. The summed E-state index contributed by atoms with van der Waals surface area (Å²) in [4.78, 5) is 30.4. The van der Waals surface area contributed by atoms with E-state index in [1.165, 1.54) is 6.07 Å². The first-order valence-corrected chi connectivity index (χ1v) is 11.1. The molecule has 162 valence electrons. The van der Waals surface area contributed by atoms with Crippen LogP contribution in [-0.4, -0.2) is 41.5 Å². The summed E-state index contributed by atoms with van der Waals surface area (Å²) < 4.78 is 0. The summed E-state index contributed by atoms with van der Waals surface area (Å²) in [5, 5.41) is 10.4. The molecule has 0 spiro atoms. The highest BCUT2D eigenvalue weighted by Gasteiger charge is 2.44. The van der Waals surface area contributed by atoms with Crippen molar-refractivity contribution in [3.8, 4) is 0 Å². The number of rotatable bonds is 4. The molecule has 4 rings (SSSR count). The summed E-state index contributed by atoms with van der Waals surface area (Å²) in [7, 11) is 0. The fourth-order valence-electron chi connectivity index (χ4n) is 4.44. The Morgan fingerprint density at radius 3 is 2.55 bits per heavy atom. The van der Waals surface area contributed by atoms with Crippen LogP contribution >= 0.6 is 23.2 Å². The third kappa shape index (κ3) is 3.98. The van der Waals surface area contributed by atoms with Crippen LogP contribution in [0.2, 0.25) is 10.0 Å². The summed E-state index contributed by atoms with van der Waals surface area (Å²) in [6, 6.07) is 10.6. The van der Waals surface area contributed by atoms with E-state index < -0.39 is 11.8 Å². The number of carbonyl (C=O) groups is 2. The minimum Gasteiger partial charge on any atom is -0.396 e. The largest absolute Gasteiger partial charge is 0.396 e. The summed E-state index contributed by atoms with van der Waals surface area (Å²) in [6.07, 6.45) is 1.74. The Morgan fingerprint density at radius 2 is 1.84 bits per heavy atom. The van der Waals surface area contributed by atoms with Gasteiger partial charge in [-0.05, 0) is 61.9 Å². The van der Waals surface area contributed by atoms with Crippen LogP contribution < -0.4 is 4.90 Å². The molecule has 0 bridgehead atoms. The van der Waals surface area contributed by atoms with E-state index in [4.69, 9.17) is 23.2 Å². The summed E-state index contributed by atoms with van der Waals surface area (Å²) in [6.45, 7) is 5.15. The molecule has 1 fully saturated rings. The van der Waals surface area contributed by atoms with Gasteiger partial charge in [-0.1, -0.05) is 47.0 Å². The van der Waals surface area contributed by atoms with Gasteiger partial charge in [-0.3, -0.25) is 9.59 Å². The lowest BCUT2D eigenvalue weighted by Gasteiger charge is -2.34. The highest BCUT2D eigenvalue weighted by atomic mass is 35.5. The number of anilines is 1. The van der Waals surface area contributed by atoms with Gasteiger partial charge < -0.3 is 10.0 Å². The number of imide groups is 1. The summed E-state index contributed by atoms with van der Waals surface area (Å²) in [5.74, 6) is -0.765. The number of likely N-dealkylation sites (tertiary alicyclic amines) is 1. The molecule has 2 aromatic rings. The number of nitrogens with zero attached hydrogens (tertiary/aromatic N) is 2. The lowest BCUT2D eigenvalue weighted by Crippen LogP contribution is -2.40. The average molecular weight is 459 g/mol. The number of piperidine rings is 1. The van der Waals surface area contributed by atoms with E-state index in [0.717, 1.165) is 34.4 Å². The Bertz CT molecular complexity index is 1100. The number of aryl methyl sites for hydroxylation is 2. The van der Waals surface area contributed by atoms with E-state index >= 15 is 0 Å². The van der Waals surface area contributed by atoms with Crippen molar-refractivity contribution < 1.29 is 14.7 Å². The lowest BCUT2D eigenvalue weighted by atomic mass is 9.95. The van der Waals surface area contributed by atoms with Crippen LogP contribution in [0.15, 0.2) is 42.1 Å². The molecule has 1 unspecified atom stereocenters. The average Bonchev–Trinajstić information content (AvgIpc) is 3.00. The van der Waals surface area contributed by atoms with Crippen molar-refractivity contribution in [2.75, 3.05) is 24.6 Å². The van der Waals surface area contributed by atoms with E-state index in [1.807, 2.05) is 36.9 Å². The third-order valence-corrected chi connectivity index (χ3v) is 6.51. The number of aliphatic hydroxyl groups is 1. The van der Waals surface area contributed by atoms with Gasteiger partial charge in [0.25, 0.3) is 11.8 Å². The number of amides is 2. The molecule has 31 heavy (non-hydrogen) atoms. The Balaban J connectivity index is 1.88. The molecule has 2 heterocycles. The minimum absolute atomic E-state index is 0.0502. The second-order valence-corrected chi connectivity index (χ2v) is 9.06. The SMILES string of the molecule is Cc1ccc(C2=C(N3CCCC(CO)C3)C(=O)N(c3cc(Cl)ccc3Cl)C2=O)c(C)c1. The van der Waals surface area contributed by atoms with Gasteiger partial charge >= 0.3 is 0 Å². The molecule has 2 aromatic carbocycles. The molecule has 1 N–H and O–H groups in total. The lowest BCUT2D eigenvalue weighted by molar-refractivity contribution is -0.120. The first-order chi connectivity index (χ1) is 14.8. The number of benzene rings is 2. The third-order valence-electron chi connectivity index (χ3n) is 5.95. The summed E-state index contributed by atoms with van der Waals surface area (Å²) in [5.41, 5.74) is 3.74. The number of carbonyl (C=O) groups excluding carboxylic acids is 2. The van der Waals surface area contributed by atoms with Gasteiger partial charge in [0.2, 0.25) is 0 Å². The molecular weight excluding hydrogens is 435 g/mol. The van der Waals surface area contributed by atoms with Crippen LogP contribution in [0, 0.1) is 19.8 Å². The van der Waals surface area contributed by atoms with E-state index in [9.17, 15) is 14.7 Å². The Hall–Kier alpha value is -2.34. The van der Waals surface area contributed by atoms with Crippen molar-refractivity contribution in [1.29, 1.82) is 0 Å². The van der Waals surface area contributed by atoms with Crippen LogP contribution in [-0.2, 0) is 9.59 Å². The monoisotopic (exact) mass is 458 g/mol. The fourth-order valence-corrected chi connectivity index (χ4v) is 4.81. The van der Waals surface area contributed by atoms with E-state index in [2.05, 4.69) is 0 Å². The second kappa shape index (κ2) is 8.65. The van der Waals surface area contributed by atoms with Crippen molar-refractivity contribution in [1.82, 2.24) is 4.90 Å². The van der Waals surface area contributed by atoms with Gasteiger partial charge in [0, 0.05) is 24.7 Å². The zero-order valence-corrected chi connectivity index (χ0v) is 19.0. The predicted molar refractivity (Wildman–Crippen MR) is 123 cm³/mol. The van der Waals surface area contributed by atoms with Gasteiger partial charge in [0.15, 0.2) is 0 Å². The molecule has 1 saturated heterocycles. The molecule has 0 saturated carbocycles. The van der Waals surface area contributed by atoms with Crippen LogP contribution in [0.25, 0.3) is 5.57 Å². The standard InChI is InChI=1S/C24H24Cl2N2O3/c1-14-5-7-18(15(2)10-14)21-22(27-9-3-4-16(12-27)13-29)24(31)28(23(21)30)20-11-17(25)6-8-19(20)26/h5-8,10-11,16,29H,3-4,9,12-13H2,1-2H3. The van der Waals surface area contributed by atoms with Crippen molar-refractivity contribution >= 4 is 46.3 Å². The molecule has 2 aliphatic rings.